The number of hydrogen-bond donors (Lipinski definition) is 1. The number of likely N-dealkylation sites (tertiary alicyclic amines) is 1. The highest BCUT2D eigenvalue weighted by molar-refractivity contribution is 6.06. The molecule has 0 radical (unpaired) electrons. The van der Waals surface area contributed by atoms with Gasteiger partial charge in [0.15, 0.2) is 0 Å². The van der Waals surface area contributed by atoms with Crippen molar-refractivity contribution in [2.75, 3.05) is 25.5 Å². The largest absolute Gasteiger partial charge is 0.381 e. The number of aromatic nitrogens is 2. The van der Waals surface area contributed by atoms with Crippen LogP contribution in [0.4, 0.5) is 5.82 Å². The van der Waals surface area contributed by atoms with Crippen LogP contribution in [0.5, 0.6) is 0 Å². The van der Waals surface area contributed by atoms with Crippen molar-refractivity contribution >= 4 is 22.5 Å². The Balaban J connectivity index is 1.44. The lowest BCUT2D eigenvalue weighted by atomic mass is 9.95. The summed E-state index contributed by atoms with van der Waals surface area (Å²) in [5, 5.41) is 4.99. The van der Waals surface area contributed by atoms with Gasteiger partial charge >= 0.3 is 0 Å². The fourth-order valence-electron chi connectivity index (χ4n) is 4.85. The highest BCUT2D eigenvalue weighted by atomic mass is 16.5. The molecule has 0 aliphatic carbocycles. The fourth-order valence-corrected chi connectivity index (χ4v) is 4.85. The first-order valence-corrected chi connectivity index (χ1v) is 12.1. The van der Waals surface area contributed by atoms with E-state index in [2.05, 4.69) is 46.4 Å². The molecule has 5 rings (SSSR count). The SMILES string of the molecule is COC1CCN(C(c2ccccc2)c2nc(NC(=O)c3ccc4cnccc4c3)ccc2C)CC1. The van der Waals surface area contributed by atoms with E-state index in [-0.39, 0.29) is 11.9 Å². The Morgan fingerprint density at radius 1 is 1.03 bits per heavy atom. The van der Waals surface area contributed by atoms with Crippen molar-refractivity contribution in [1.82, 2.24) is 14.9 Å². The molecule has 1 aliphatic rings. The zero-order valence-corrected chi connectivity index (χ0v) is 20.1. The van der Waals surface area contributed by atoms with Crippen LogP contribution < -0.4 is 5.32 Å². The molecule has 2 aromatic heterocycles. The van der Waals surface area contributed by atoms with Gasteiger partial charge in [-0.3, -0.25) is 14.7 Å². The molecule has 1 saturated heterocycles. The normalized spacial score (nSPS) is 15.7. The molecule has 1 amide bonds. The van der Waals surface area contributed by atoms with Crippen LogP contribution in [0.2, 0.25) is 0 Å². The number of fused-ring (bicyclic) bond motifs is 1. The van der Waals surface area contributed by atoms with Gasteiger partial charge in [0, 0.05) is 43.5 Å². The molecular formula is C29H30N4O2. The fraction of sp³-hybridized carbons (Fsp3) is 0.276. The van der Waals surface area contributed by atoms with E-state index in [0.29, 0.717) is 17.5 Å². The van der Waals surface area contributed by atoms with Gasteiger partial charge in [-0.15, -0.1) is 0 Å². The van der Waals surface area contributed by atoms with Crippen molar-refractivity contribution in [2.45, 2.75) is 31.9 Å². The maximum atomic E-state index is 13.1. The minimum Gasteiger partial charge on any atom is -0.381 e. The number of methoxy groups -OCH3 is 1. The van der Waals surface area contributed by atoms with Gasteiger partial charge in [0.1, 0.15) is 5.82 Å². The number of carbonyl (C=O) groups excluding carboxylic acids is 1. The van der Waals surface area contributed by atoms with Crippen LogP contribution in [0.15, 0.2) is 79.1 Å². The Morgan fingerprint density at radius 3 is 2.60 bits per heavy atom. The number of nitrogens with zero attached hydrogens (tertiary/aromatic N) is 3. The standard InChI is InChI=1S/C29H30N4O2/c1-20-8-11-26(32-29(34)23-9-10-24-19-30-15-12-22(24)18-23)31-27(20)28(21-6-4-3-5-7-21)33-16-13-25(35-2)14-17-33/h3-12,15,18-19,25,28H,13-14,16-17H2,1-2H3,(H,31,32,34). The van der Waals surface area contributed by atoms with Gasteiger partial charge in [-0.2, -0.15) is 0 Å². The van der Waals surface area contributed by atoms with Crippen LogP contribution in [0.25, 0.3) is 10.8 Å². The van der Waals surface area contributed by atoms with E-state index in [1.54, 1.807) is 19.5 Å². The number of carbonyl (C=O) groups is 1. The molecule has 1 atom stereocenters. The van der Waals surface area contributed by atoms with Crippen LogP contribution in [0.3, 0.4) is 0 Å². The Bertz CT molecular complexity index is 1320. The van der Waals surface area contributed by atoms with Gasteiger partial charge in [0.25, 0.3) is 5.91 Å². The molecule has 0 saturated carbocycles. The second-order valence-corrected chi connectivity index (χ2v) is 9.07. The third kappa shape index (κ3) is 5.09. The predicted molar refractivity (Wildman–Crippen MR) is 139 cm³/mol. The first-order valence-electron chi connectivity index (χ1n) is 12.1. The summed E-state index contributed by atoms with van der Waals surface area (Å²) in [4.78, 5) is 24.7. The first kappa shape index (κ1) is 23.1. The zero-order valence-electron chi connectivity index (χ0n) is 20.1. The third-order valence-corrected chi connectivity index (χ3v) is 6.83. The van der Waals surface area contributed by atoms with Gasteiger partial charge in [-0.05, 0) is 60.5 Å². The van der Waals surface area contributed by atoms with Crippen LogP contribution in [-0.2, 0) is 4.74 Å². The van der Waals surface area contributed by atoms with E-state index in [4.69, 9.17) is 9.72 Å². The number of anilines is 1. The minimum absolute atomic E-state index is 0.0130. The second kappa shape index (κ2) is 10.3. The summed E-state index contributed by atoms with van der Waals surface area (Å²) in [6, 6.07) is 21.9. The molecule has 6 heteroatoms. The summed E-state index contributed by atoms with van der Waals surface area (Å²) in [5.41, 5.74) is 3.86. The topological polar surface area (TPSA) is 67.3 Å². The lowest BCUT2D eigenvalue weighted by Crippen LogP contribution is -2.40. The van der Waals surface area contributed by atoms with Crippen LogP contribution >= 0.6 is 0 Å². The molecule has 1 unspecified atom stereocenters. The number of ether oxygens (including phenoxy) is 1. The molecular weight excluding hydrogens is 436 g/mol. The Labute approximate surface area is 206 Å². The molecule has 3 heterocycles. The molecule has 4 aromatic rings. The van der Waals surface area contributed by atoms with E-state index in [1.165, 1.54) is 5.56 Å². The Morgan fingerprint density at radius 2 is 1.83 bits per heavy atom. The maximum Gasteiger partial charge on any atom is 0.256 e. The molecule has 35 heavy (non-hydrogen) atoms. The van der Waals surface area contributed by atoms with E-state index in [0.717, 1.165) is 48.0 Å². The van der Waals surface area contributed by atoms with Gasteiger partial charge in [-0.25, -0.2) is 4.98 Å². The van der Waals surface area contributed by atoms with Crippen LogP contribution in [0, 0.1) is 6.92 Å². The molecule has 0 bridgehead atoms. The van der Waals surface area contributed by atoms with Crippen molar-refractivity contribution in [3.63, 3.8) is 0 Å². The number of hydrogen-bond acceptors (Lipinski definition) is 5. The van der Waals surface area contributed by atoms with Crippen LogP contribution in [-0.4, -0.2) is 47.1 Å². The number of nitrogens with one attached hydrogen (secondary N) is 1. The number of pyridine rings is 2. The number of rotatable bonds is 6. The van der Waals surface area contributed by atoms with Gasteiger partial charge < -0.3 is 10.1 Å². The van der Waals surface area contributed by atoms with E-state index in [9.17, 15) is 4.79 Å². The van der Waals surface area contributed by atoms with E-state index >= 15 is 0 Å². The Kier molecular flexibility index (Phi) is 6.84. The van der Waals surface area contributed by atoms with Crippen molar-refractivity contribution in [3.05, 3.63) is 102 Å². The molecule has 6 nitrogen and oxygen atoms in total. The number of benzene rings is 2. The monoisotopic (exact) mass is 466 g/mol. The Hall–Kier alpha value is -3.61. The third-order valence-electron chi connectivity index (χ3n) is 6.83. The summed E-state index contributed by atoms with van der Waals surface area (Å²) < 4.78 is 5.59. The molecule has 1 fully saturated rings. The predicted octanol–water partition coefficient (Wildman–Crippen LogP) is 5.39. The first-order chi connectivity index (χ1) is 17.1. The lowest BCUT2D eigenvalue weighted by Gasteiger charge is -2.37. The van der Waals surface area contributed by atoms with Gasteiger partial charge in [-0.1, -0.05) is 42.5 Å². The maximum absolute atomic E-state index is 13.1. The smallest absolute Gasteiger partial charge is 0.256 e. The van der Waals surface area contributed by atoms with E-state index < -0.39 is 0 Å². The average molecular weight is 467 g/mol. The molecule has 1 aliphatic heterocycles. The average Bonchev–Trinajstić information content (AvgIpc) is 2.91. The van der Waals surface area contributed by atoms with E-state index in [1.807, 2.05) is 42.5 Å². The van der Waals surface area contributed by atoms with Crippen molar-refractivity contribution in [2.24, 2.45) is 0 Å². The lowest BCUT2D eigenvalue weighted by molar-refractivity contribution is 0.0317. The number of piperidine rings is 1. The molecule has 2 aromatic carbocycles. The van der Waals surface area contributed by atoms with Crippen molar-refractivity contribution in [1.29, 1.82) is 0 Å². The summed E-state index contributed by atoms with van der Waals surface area (Å²) in [6.07, 6.45) is 5.82. The van der Waals surface area contributed by atoms with Crippen molar-refractivity contribution < 1.29 is 9.53 Å². The highest BCUT2D eigenvalue weighted by Crippen LogP contribution is 2.33. The van der Waals surface area contributed by atoms with Gasteiger partial charge in [0.05, 0.1) is 17.8 Å². The molecule has 0 spiro atoms. The summed E-state index contributed by atoms with van der Waals surface area (Å²) in [7, 11) is 1.79. The summed E-state index contributed by atoms with van der Waals surface area (Å²) in [6.45, 7) is 3.95. The minimum atomic E-state index is -0.178. The summed E-state index contributed by atoms with van der Waals surface area (Å²) in [5.74, 6) is 0.376. The number of aryl methyl sites for hydroxylation is 1. The quantitative estimate of drug-likeness (QED) is 0.413. The second-order valence-electron chi connectivity index (χ2n) is 9.07. The van der Waals surface area contributed by atoms with Gasteiger partial charge in [0.2, 0.25) is 0 Å². The molecule has 178 valence electrons. The van der Waals surface area contributed by atoms with Crippen molar-refractivity contribution in [3.8, 4) is 0 Å². The summed E-state index contributed by atoms with van der Waals surface area (Å²) >= 11 is 0. The molecule has 1 N–H and O–H groups in total. The van der Waals surface area contributed by atoms with Crippen LogP contribution in [0.1, 0.15) is 46.1 Å². The highest BCUT2D eigenvalue weighted by Gasteiger charge is 2.29. The number of amides is 1. The zero-order chi connectivity index (χ0) is 24.2.